The largest absolute Gasteiger partial charge is 0.495 e. The zero-order valence-electron chi connectivity index (χ0n) is 55.1. The molecule has 4 aromatic carbocycles. The van der Waals surface area contributed by atoms with Crippen LogP contribution >= 0.6 is 43.5 Å². The van der Waals surface area contributed by atoms with Gasteiger partial charge in [-0.25, -0.2) is 26.8 Å². The fourth-order valence-electron chi connectivity index (χ4n) is 12.7. The first-order valence-corrected chi connectivity index (χ1v) is 38.0. The van der Waals surface area contributed by atoms with E-state index in [0.29, 0.717) is 82.9 Å². The van der Waals surface area contributed by atoms with Crippen LogP contribution in [0.5, 0.6) is 11.5 Å². The van der Waals surface area contributed by atoms with E-state index in [9.17, 15) is 16.8 Å². The Bertz CT molecular complexity index is 4210. The van der Waals surface area contributed by atoms with Crippen LogP contribution < -0.4 is 41.0 Å². The van der Waals surface area contributed by atoms with E-state index in [1.54, 1.807) is 63.3 Å². The molecule has 0 amide bonds. The Morgan fingerprint density at radius 1 is 0.547 bits per heavy atom. The van der Waals surface area contributed by atoms with Crippen LogP contribution in [0.2, 0.25) is 5.28 Å². The summed E-state index contributed by atoms with van der Waals surface area (Å²) in [5, 5.41) is 9.82. The Balaban J connectivity index is 0.000000172. The number of nitrogens with zero attached hydrogens (tertiary/aromatic N) is 14. The maximum atomic E-state index is 12.4. The second-order valence-corrected chi connectivity index (χ2v) is 30.8. The van der Waals surface area contributed by atoms with E-state index in [-0.39, 0.29) is 16.8 Å². The zero-order chi connectivity index (χ0) is 67.6. The second-order valence-electron chi connectivity index (χ2n) is 24.5. The summed E-state index contributed by atoms with van der Waals surface area (Å²) in [4.78, 5) is 49.7. The summed E-state index contributed by atoms with van der Waals surface area (Å²) < 4.78 is 60.9. The number of methoxy groups -OCH3 is 2. The summed E-state index contributed by atoms with van der Waals surface area (Å²) in [5.74, 6) is 2.38. The topological polar surface area (TPSA) is 271 Å². The van der Waals surface area contributed by atoms with E-state index in [0.717, 1.165) is 101 Å². The van der Waals surface area contributed by atoms with Crippen LogP contribution in [-0.2, 0) is 44.0 Å². The minimum Gasteiger partial charge on any atom is -0.495 e. The maximum Gasteiger partial charge on any atom is 0.229 e. The first-order valence-electron chi connectivity index (χ1n) is 31.9. The van der Waals surface area contributed by atoms with Gasteiger partial charge in [-0.1, -0.05) is 13.8 Å². The lowest BCUT2D eigenvalue weighted by Crippen LogP contribution is -2.52. The highest BCUT2D eigenvalue weighted by Gasteiger charge is 2.30. The SMILES string of the molecule is CCc1cc(N)c(OC)cc1N1CCC(N2CCN(C)CC2)CC1.CCc1cc(Nc2ncc(Br)c(Nc3ccc4nccnc4c3CS(C)(=O)=O)n2)c(OC)cc1N1CCC(N2CCN(C)CC2)CC1.CS(=O)(=O)Cc1c(Nc2nc(Cl)ncc2Br)ccc2nccnc12. The van der Waals surface area contributed by atoms with Gasteiger partial charge in [0.1, 0.15) is 23.1 Å². The molecule has 0 bridgehead atoms. The number of likely N-dealkylation sites (N-methyl/N-ethyl adjacent to an activating group) is 2. The van der Waals surface area contributed by atoms with E-state index >= 15 is 0 Å². The number of fused-ring (bicyclic) bond motifs is 2. The van der Waals surface area contributed by atoms with Crippen LogP contribution in [0.15, 0.2) is 94.7 Å². The van der Waals surface area contributed by atoms with Gasteiger partial charge in [-0.05, 0) is 144 Å². The molecule has 4 fully saturated rings. The molecule has 29 heteroatoms. The molecule has 0 unspecified atom stereocenters. The third kappa shape index (κ3) is 18.4. The van der Waals surface area contributed by atoms with Gasteiger partial charge in [-0.2, -0.15) is 9.97 Å². The Labute approximate surface area is 579 Å². The molecule has 4 aliphatic heterocycles. The van der Waals surface area contributed by atoms with Crippen molar-refractivity contribution < 1.29 is 26.3 Å². The number of aryl methyl sites for hydroxylation is 2. The molecule has 4 aromatic heterocycles. The number of piperidine rings is 2. The molecule has 5 N–H and O–H groups in total. The van der Waals surface area contributed by atoms with Crippen molar-refractivity contribution in [3.63, 3.8) is 0 Å². The lowest BCUT2D eigenvalue weighted by molar-refractivity contribution is 0.0982. The Hall–Kier alpha value is -6.89. The van der Waals surface area contributed by atoms with E-state index in [1.807, 2.05) is 0 Å². The predicted octanol–water partition coefficient (Wildman–Crippen LogP) is 10.2. The quantitative estimate of drug-likeness (QED) is 0.0459. The van der Waals surface area contributed by atoms with Gasteiger partial charge in [0.15, 0.2) is 19.7 Å². The van der Waals surface area contributed by atoms with E-state index < -0.39 is 19.7 Å². The highest BCUT2D eigenvalue weighted by atomic mass is 79.9. The molecule has 0 spiro atoms. The number of hydrogen-bond donors (Lipinski definition) is 4. The van der Waals surface area contributed by atoms with Gasteiger partial charge < -0.3 is 50.8 Å². The van der Waals surface area contributed by atoms with Crippen molar-refractivity contribution in [3.05, 3.63) is 122 Å². The second kappa shape index (κ2) is 32.0. The van der Waals surface area contributed by atoms with Crippen LogP contribution in [-0.4, -0.2) is 208 Å². The number of piperazine rings is 2. The molecular formula is C66H85Br2ClN18O6S2. The van der Waals surface area contributed by atoms with E-state index in [4.69, 9.17) is 31.8 Å². The van der Waals surface area contributed by atoms with Crippen LogP contribution in [0.3, 0.4) is 0 Å². The number of nitrogen functional groups attached to an aromatic ring is 1. The zero-order valence-corrected chi connectivity index (χ0v) is 60.7. The molecule has 95 heavy (non-hydrogen) atoms. The number of hydrogen-bond acceptors (Lipinski definition) is 24. The summed E-state index contributed by atoms with van der Waals surface area (Å²) in [7, 11) is 1.16. The number of halogens is 3. The van der Waals surface area contributed by atoms with Crippen LogP contribution in [0.4, 0.5) is 51.7 Å². The summed E-state index contributed by atoms with van der Waals surface area (Å²) in [6, 6.07) is 17.0. The van der Waals surface area contributed by atoms with E-state index in [1.165, 1.54) is 86.4 Å². The Morgan fingerprint density at radius 2 is 0.979 bits per heavy atom. The third-order valence-corrected chi connectivity index (χ3v) is 20.8. The number of ether oxygens (including phenoxy) is 2. The van der Waals surface area contributed by atoms with Crippen molar-refractivity contribution in [1.29, 1.82) is 0 Å². The van der Waals surface area contributed by atoms with Crippen molar-refractivity contribution in [2.45, 2.75) is 76.0 Å². The standard InChI is InChI=1S/C33H42BrN9O3S.C19H32N4O.C14H11BrClN5O2S/c1-5-22-18-28(30(46-3)19-29(22)43-12-8-23(9-13-43)42-16-14-41(2)15-17-42)39-33-37-20-25(34)32(40-33)38-26-6-7-27-31(36-11-10-35-27)24(26)21-47(4,44)45;1-4-15-13-17(20)19(24-3)14-18(15)23-7-5-16(6-8-23)22-11-9-21(2)10-12-22;1-24(22,23)7-8-10(2-3-11-12(8)18-5-4-17-11)20-13-9(15)6-19-14(16)21-13/h6-7,10-11,18-20,23H,5,8-9,12-17,21H2,1-4H3,(H2,37,38,39,40);13-14,16H,4-12,20H2,1-3H3;2-6H,7H2,1H3,(H,19,20,21). The fourth-order valence-corrected chi connectivity index (χ4v) is 15.1. The summed E-state index contributed by atoms with van der Waals surface area (Å²) in [5.41, 5.74) is 17.1. The molecule has 0 saturated carbocycles. The van der Waals surface area contributed by atoms with Crippen LogP contribution in [0, 0.1) is 0 Å². The number of benzene rings is 4. The number of rotatable bonds is 18. The monoisotopic (exact) mass is 1480 g/mol. The normalized spacial score (nSPS) is 16.6. The molecule has 12 rings (SSSR count). The van der Waals surface area contributed by atoms with Crippen molar-refractivity contribution in [2.24, 2.45) is 0 Å². The highest BCUT2D eigenvalue weighted by molar-refractivity contribution is 9.11. The summed E-state index contributed by atoms with van der Waals surface area (Å²) >= 11 is 12.7. The summed E-state index contributed by atoms with van der Waals surface area (Å²) in [6.07, 6.45) is 18.4. The Morgan fingerprint density at radius 3 is 1.43 bits per heavy atom. The van der Waals surface area contributed by atoms with Gasteiger partial charge in [0.2, 0.25) is 11.2 Å². The molecule has 4 aliphatic rings. The number of sulfone groups is 2. The molecule has 8 aromatic rings. The minimum absolute atomic E-state index is 0.0749. The molecule has 508 valence electrons. The van der Waals surface area contributed by atoms with Gasteiger partial charge in [-0.3, -0.25) is 29.7 Å². The van der Waals surface area contributed by atoms with Gasteiger partial charge in [0, 0.05) is 186 Å². The number of nitrogens with two attached hydrogens (primary N) is 1. The molecule has 4 saturated heterocycles. The average molecular weight is 1490 g/mol. The number of nitrogens with one attached hydrogen (secondary N) is 3. The van der Waals surface area contributed by atoms with Crippen molar-refractivity contribution in [2.75, 3.05) is 151 Å². The van der Waals surface area contributed by atoms with Crippen LogP contribution in [0.1, 0.15) is 61.8 Å². The highest BCUT2D eigenvalue weighted by Crippen LogP contribution is 2.39. The lowest BCUT2D eigenvalue weighted by Gasteiger charge is -2.43. The summed E-state index contributed by atoms with van der Waals surface area (Å²) in [6.45, 7) is 18.1. The van der Waals surface area contributed by atoms with Gasteiger partial charge in [0.25, 0.3) is 0 Å². The van der Waals surface area contributed by atoms with Crippen molar-refractivity contribution >= 4 is 137 Å². The van der Waals surface area contributed by atoms with Crippen molar-refractivity contribution in [1.82, 2.24) is 59.5 Å². The smallest absolute Gasteiger partial charge is 0.229 e. The predicted molar refractivity (Wildman–Crippen MR) is 388 cm³/mol. The number of anilines is 9. The fraction of sp³-hybridized carbons (Fsp3) is 0.455. The lowest BCUT2D eigenvalue weighted by atomic mass is 9.99. The van der Waals surface area contributed by atoms with Crippen LogP contribution in [0.25, 0.3) is 22.1 Å². The van der Waals surface area contributed by atoms with Gasteiger partial charge in [-0.15, -0.1) is 0 Å². The first kappa shape index (κ1) is 70.9. The third-order valence-electron chi connectivity index (χ3n) is 17.8. The van der Waals surface area contributed by atoms with Crippen molar-refractivity contribution in [3.8, 4) is 11.5 Å². The minimum atomic E-state index is -3.36. The molecular weight excluding hydrogens is 1400 g/mol. The number of aromatic nitrogens is 8. The molecule has 0 atom stereocenters. The Kier molecular flexibility index (Phi) is 23.9. The van der Waals surface area contributed by atoms with Gasteiger partial charge >= 0.3 is 0 Å². The first-order chi connectivity index (χ1) is 45.6. The van der Waals surface area contributed by atoms with E-state index in [2.05, 4.69) is 164 Å². The average Bonchev–Trinajstić information content (AvgIpc) is 0.837. The molecule has 24 nitrogen and oxygen atoms in total. The van der Waals surface area contributed by atoms with Gasteiger partial charge in [0.05, 0.1) is 68.1 Å². The molecule has 0 aliphatic carbocycles. The maximum absolute atomic E-state index is 12.4. The molecule has 8 heterocycles. The molecule has 0 radical (unpaired) electrons.